The van der Waals surface area contributed by atoms with Gasteiger partial charge in [-0.1, -0.05) is 13.8 Å². The Labute approximate surface area is 93.9 Å². The molecule has 0 aromatic rings. The monoisotopic (exact) mass is 214 g/mol. The molecule has 3 nitrogen and oxygen atoms in total. The van der Waals surface area contributed by atoms with Crippen LogP contribution in [0.1, 0.15) is 33.1 Å². The fraction of sp³-hybridized carbons (Fsp3) is 1.00. The van der Waals surface area contributed by atoms with Gasteiger partial charge in [-0.15, -0.1) is 0 Å². The molecule has 0 radical (unpaired) electrons. The van der Waals surface area contributed by atoms with Gasteiger partial charge in [-0.2, -0.15) is 0 Å². The average molecular weight is 214 g/mol. The number of aliphatic hydroxyl groups excluding tert-OH is 1. The zero-order valence-corrected chi connectivity index (χ0v) is 10.2. The summed E-state index contributed by atoms with van der Waals surface area (Å²) in [5.74, 6) is 0.744. The first-order chi connectivity index (χ1) is 7.18. The molecule has 0 amide bonds. The van der Waals surface area contributed by atoms with Crippen molar-refractivity contribution >= 4 is 0 Å². The van der Waals surface area contributed by atoms with Gasteiger partial charge in [-0.25, -0.2) is 0 Å². The van der Waals surface area contributed by atoms with Gasteiger partial charge in [0, 0.05) is 13.1 Å². The van der Waals surface area contributed by atoms with Crippen molar-refractivity contribution in [2.24, 2.45) is 5.92 Å². The summed E-state index contributed by atoms with van der Waals surface area (Å²) in [6.45, 7) is 9.39. The lowest BCUT2D eigenvalue weighted by molar-refractivity contribution is 0.123. The molecule has 0 bridgehead atoms. The van der Waals surface area contributed by atoms with Crippen LogP contribution < -0.4 is 5.32 Å². The van der Waals surface area contributed by atoms with E-state index in [0.717, 1.165) is 25.6 Å². The van der Waals surface area contributed by atoms with E-state index >= 15 is 0 Å². The van der Waals surface area contributed by atoms with E-state index in [0.29, 0.717) is 0 Å². The molecule has 1 unspecified atom stereocenters. The molecule has 1 rings (SSSR count). The van der Waals surface area contributed by atoms with Gasteiger partial charge in [-0.05, 0) is 44.8 Å². The van der Waals surface area contributed by atoms with E-state index in [1.165, 1.54) is 32.4 Å². The summed E-state index contributed by atoms with van der Waals surface area (Å²) < 4.78 is 0. The highest BCUT2D eigenvalue weighted by Gasteiger charge is 2.15. The molecule has 3 heteroatoms. The topological polar surface area (TPSA) is 35.5 Å². The van der Waals surface area contributed by atoms with Crippen LogP contribution in [0.5, 0.6) is 0 Å². The number of likely N-dealkylation sites (tertiary alicyclic amines) is 1. The van der Waals surface area contributed by atoms with Gasteiger partial charge < -0.3 is 15.3 Å². The minimum absolute atomic E-state index is 0.199. The van der Waals surface area contributed by atoms with Crippen LogP contribution in [0, 0.1) is 5.92 Å². The van der Waals surface area contributed by atoms with Crippen LogP contribution in [0.15, 0.2) is 0 Å². The molecule has 1 saturated heterocycles. The van der Waals surface area contributed by atoms with E-state index in [1.54, 1.807) is 0 Å². The summed E-state index contributed by atoms with van der Waals surface area (Å²) in [5.41, 5.74) is 0. The lowest BCUT2D eigenvalue weighted by atomic mass is 10.1. The summed E-state index contributed by atoms with van der Waals surface area (Å²) in [7, 11) is 0. The molecule has 0 aliphatic carbocycles. The standard InChI is InChI=1S/C12H26N2O/c1-11(2)5-6-13-9-12(15)10-14-7-3-4-8-14/h11-13,15H,3-10H2,1-2H3. The van der Waals surface area contributed by atoms with Gasteiger partial charge in [0.25, 0.3) is 0 Å². The van der Waals surface area contributed by atoms with Crippen LogP contribution >= 0.6 is 0 Å². The predicted molar refractivity (Wildman–Crippen MR) is 64.0 cm³/mol. The number of β-amino-alcohol motifs (C(OH)–C–C–N with tert-alkyl or cyclic N) is 1. The van der Waals surface area contributed by atoms with E-state index in [2.05, 4.69) is 24.1 Å². The molecular weight excluding hydrogens is 188 g/mol. The van der Waals surface area contributed by atoms with E-state index < -0.39 is 0 Å². The molecule has 1 heterocycles. The van der Waals surface area contributed by atoms with Gasteiger partial charge in [0.05, 0.1) is 6.10 Å². The minimum atomic E-state index is -0.199. The Morgan fingerprint density at radius 2 is 1.93 bits per heavy atom. The van der Waals surface area contributed by atoms with Crippen LogP contribution in [0.2, 0.25) is 0 Å². The van der Waals surface area contributed by atoms with Crippen molar-refractivity contribution in [2.45, 2.75) is 39.2 Å². The molecule has 2 N–H and O–H groups in total. The van der Waals surface area contributed by atoms with Gasteiger partial charge in [0.1, 0.15) is 0 Å². The first kappa shape index (κ1) is 12.9. The van der Waals surface area contributed by atoms with Gasteiger partial charge >= 0.3 is 0 Å². The van der Waals surface area contributed by atoms with Crippen molar-refractivity contribution in [1.29, 1.82) is 0 Å². The molecule has 0 spiro atoms. The molecular formula is C12H26N2O. The highest BCUT2D eigenvalue weighted by Crippen LogP contribution is 2.07. The Morgan fingerprint density at radius 1 is 1.27 bits per heavy atom. The minimum Gasteiger partial charge on any atom is -0.390 e. The second kappa shape index (κ2) is 7.20. The molecule has 0 saturated carbocycles. The molecule has 1 fully saturated rings. The van der Waals surface area contributed by atoms with Crippen molar-refractivity contribution in [2.75, 3.05) is 32.7 Å². The summed E-state index contributed by atoms with van der Waals surface area (Å²) in [4.78, 5) is 2.36. The van der Waals surface area contributed by atoms with Gasteiger partial charge in [0.2, 0.25) is 0 Å². The number of nitrogens with zero attached hydrogens (tertiary/aromatic N) is 1. The van der Waals surface area contributed by atoms with E-state index in [1.807, 2.05) is 0 Å². The Morgan fingerprint density at radius 3 is 2.53 bits per heavy atom. The smallest absolute Gasteiger partial charge is 0.0791 e. The number of hydrogen-bond acceptors (Lipinski definition) is 3. The van der Waals surface area contributed by atoms with Crippen molar-refractivity contribution in [3.8, 4) is 0 Å². The summed E-state index contributed by atoms with van der Waals surface area (Å²) in [6.07, 6.45) is 3.59. The number of nitrogens with one attached hydrogen (secondary N) is 1. The molecule has 1 aliphatic rings. The Kier molecular flexibility index (Phi) is 6.22. The number of aliphatic hydroxyl groups is 1. The average Bonchev–Trinajstić information content (AvgIpc) is 2.64. The molecule has 0 aromatic carbocycles. The van der Waals surface area contributed by atoms with Crippen molar-refractivity contribution < 1.29 is 5.11 Å². The Balaban J connectivity index is 1.95. The first-order valence-electron chi connectivity index (χ1n) is 6.29. The lowest BCUT2D eigenvalue weighted by Crippen LogP contribution is -2.37. The maximum atomic E-state index is 9.77. The zero-order valence-electron chi connectivity index (χ0n) is 10.2. The third-order valence-electron chi connectivity index (χ3n) is 2.95. The van der Waals surface area contributed by atoms with E-state index in [-0.39, 0.29) is 6.10 Å². The van der Waals surface area contributed by atoms with Crippen LogP contribution in [0.4, 0.5) is 0 Å². The van der Waals surface area contributed by atoms with Crippen LogP contribution in [-0.2, 0) is 0 Å². The van der Waals surface area contributed by atoms with Crippen LogP contribution in [0.25, 0.3) is 0 Å². The molecule has 1 aliphatic heterocycles. The summed E-state index contributed by atoms with van der Waals surface area (Å²) in [6, 6.07) is 0. The normalized spacial score (nSPS) is 20.0. The summed E-state index contributed by atoms with van der Waals surface area (Å²) >= 11 is 0. The number of hydrogen-bond donors (Lipinski definition) is 2. The number of rotatable bonds is 7. The van der Waals surface area contributed by atoms with Crippen LogP contribution in [-0.4, -0.2) is 48.8 Å². The fourth-order valence-electron chi connectivity index (χ4n) is 1.99. The van der Waals surface area contributed by atoms with E-state index in [9.17, 15) is 5.11 Å². The fourth-order valence-corrected chi connectivity index (χ4v) is 1.99. The van der Waals surface area contributed by atoms with Gasteiger partial charge in [-0.3, -0.25) is 0 Å². The molecule has 15 heavy (non-hydrogen) atoms. The zero-order chi connectivity index (χ0) is 11.1. The molecule has 1 atom stereocenters. The maximum Gasteiger partial charge on any atom is 0.0791 e. The van der Waals surface area contributed by atoms with Crippen molar-refractivity contribution in [3.05, 3.63) is 0 Å². The third-order valence-corrected chi connectivity index (χ3v) is 2.95. The van der Waals surface area contributed by atoms with Crippen LogP contribution in [0.3, 0.4) is 0 Å². The third kappa shape index (κ3) is 6.13. The van der Waals surface area contributed by atoms with Crippen molar-refractivity contribution in [3.63, 3.8) is 0 Å². The molecule has 90 valence electrons. The highest BCUT2D eigenvalue weighted by molar-refractivity contribution is 4.71. The summed E-state index contributed by atoms with van der Waals surface area (Å²) in [5, 5.41) is 13.1. The highest BCUT2D eigenvalue weighted by atomic mass is 16.3. The largest absolute Gasteiger partial charge is 0.390 e. The van der Waals surface area contributed by atoms with Gasteiger partial charge in [0.15, 0.2) is 0 Å². The molecule has 0 aromatic heterocycles. The maximum absolute atomic E-state index is 9.77. The second-order valence-electron chi connectivity index (χ2n) is 5.05. The Hall–Kier alpha value is -0.120. The SMILES string of the molecule is CC(C)CCNCC(O)CN1CCCC1. The lowest BCUT2D eigenvalue weighted by Gasteiger charge is -2.19. The Bertz CT molecular complexity index is 156. The predicted octanol–water partition coefficient (Wildman–Crippen LogP) is 1.08. The van der Waals surface area contributed by atoms with E-state index in [4.69, 9.17) is 0 Å². The first-order valence-corrected chi connectivity index (χ1v) is 6.29. The second-order valence-corrected chi connectivity index (χ2v) is 5.05. The quantitative estimate of drug-likeness (QED) is 0.623. The van der Waals surface area contributed by atoms with Crippen molar-refractivity contribution in [1.82, 2.24) is 10.2 Å².